The van der Waals surface area contributed by atoms with Gasteiger partial charge in [0.2, 0.25) is 0 Å². The number of thiazole rings is 1. The first-order valence-corrected chi connectivity index (χ1v) is 10.5. The molecule has 0 atom stereocenters. The lowest BCUT2D eigenvalue weighted by molar-refractivity contribution is 0.694. The third-order valence-corrected chi connectivity index (χ3v) is 5.42. The van der Waals surface area contributed by atoms with Crippen LogP contribution in [0.25, 0.3) is 0 Å². The topological polar surface area (TPSA) is 67.1 Å². The molecular weight excluding hydrogens is 495 g/mol. The smallest absolute Gasteiger partial charge is 0.191 e. The number of hydrogen-bond donors (Lipinski definition) is 2. The molecule has 1 aromatic carbocycles. The predicted octanol–water partition coefficient (Wildman–Crippen LogP) is 3.92. The molecule has 0 aliphatic carbocycles. The van der Waals surface area contributed by atoms with E-state index in [1.807, 2.05) is 32.3 Å². The normalized spacial score (nSPS) is 11.2. The standard InChI is InChI=1S/C21H28N6S.HI/c1-4-22-21(25-14-19-16(2)26-17(3)28-19)24-11-10-20-23-12-13-27(20)15-18-8-6-5-7-9-18;/h5-9,12-13H,4,10-11,14-15H2,1-3H3,(H2,22,24,25);1H. The van der Waals surface area contributed by atoms with Crippen LogP contribution in [0.5, 0.6) is 0 Å². The number of halogens is 1. The fraction of sp³-hybridized carbons (Fsp3) is 0.381. The van der Waals surface area contributed by atoms with Crippen molar-refractivity contribution in [3.05, 3.63) is 69.7 Å². The van der Waals surface area contributed by atoms with Crippen LogP contribution in [0, 0.1) is 13.8 Å². The minimum atomic E-state index is 0. The van der Waals surface area contributed by atoms with Gasteiger partial charge >= 0.3 is 0 Å². The van der Waals surface area contributed by atoms with Gasteiger partial charge in [-0.2, -0.15) is 0 Å². The average molecular weight is 524 g/mol. The zero-order valence-electron chi connectivity index (χ0n) is 17.2. The summed E-state index contributed by atoms with van der Waals surface area (Å²) in [5.74, 6) is 1.90. The Hall–Kier alpha value is -1.94. The van der Waals surface area contributed by atoms with Gasteiger partial charge in [-0.05, 0) is 26.3 Å². The number of aryl methyl sites for hydroxylation is 2. The molecule has 3 rings (SSSR count). The monoisotopic (exact) mass is 524 g/mol. The molecule has 6 nitrogen and oxygen atoms in total. The number of rotatable bonds is 8. The molecule has 0 saturated carbocycles. The van der Waals surface area contributed by atoms with Gasteiger partial charge < -0.3 is 15.2 Å². The minimum absolute atomic E-state index is 0. The lowest BCUT2D eigenvalue weighted by atomic mass is 10.2. The molecule has 8 heteroatoms. The van der Waals surface area contributed by atoms with Gasteiger partial charge in [-0.1, -0.05) is 30.3 Å². The summed E-state index contributed by atoms with van der Waals surface area (Å²) in [7, 11) is 0. The van der Waals surface area contributed by atoms with Gasteiger partial charge in [-0.15, -0.1) is 35.3 Å². The van der Waals surface area contributed by atoms with Gasteiger partial charge in [-0.25, -0.2) is 15.0 Å². The zero-order chi connectivity index (χ0) is 19.8. The average Bonchev–Trinajstić information content (AvgIpc) is 3.26. The Morgan fingerprint density at radius 2 is 1.97 bits per heavy atom. The molecule has 156 valence electrons. The molecule has 0 bridgehead atoms. The van der Waals surface area contributed by atoms with Crippen molar-refractivity contribution in [3.8, 4) is 0 Å². The number of guanidine groups is 1. The molecule has 0 fully saturated rings. The molecule has 2 heterocycles. The molecule has 2 aromatic heterocycles. The largest absolute Gasteiger partial charge is 0.357 e. The maximum absolute atomic E-state index is 4.70. The van der Waals surface area contributed by atoms with Gasteiger partial charge in [0.05, 0.1) is 17.2 Å². The molecule has 0 aliphatic heterocycles. The molecule has 29 heavy (non-hydrogen) atoms. The number of imidazole rings is 1. The molecule has 0 radical (unpaired) electrons. The van der Waals surface area contributed by atoms with E-state index in [-0.39, 0.29) is 24.0 Å². The first-order chi connectivity index (χ1) is 13.7. The first kappa shape index (κ1) is 23.3. The summed E-state index contributed by atoms with van der Waals surface area (Å²) in [6, 6.07) is 10.5. The van der Waals surface area contributed by atoms with Crippen molar-refractivity contribution in [2.45, 2.75) is 40.3 Å². The summed E-state index contributed by atoms with van der Waals surface area (Å²) in [6.45, 7) is 9.25. The summed E-state index contributed by atoms with van der Waals surface area (Å²) in [5, 5.41) is 7.81. The van der Waals surface area contributed by atoms with Crippen molar-refractivity contribution in [3.63, 3.8) is 0 Å². The number of benzene rings is 1. The van der Waals surface area contributed by atoms with Crippen LogP contribution in [-0.4, -0.2) is 33.6 Å². The van der Waals surface area contributed by atoms with Crippen molar-refractivity contribution in [2.24, 2.45) is 4.99 Å². The molecule has 2 N–H and O–H groups in total. The third kappa shape index (κ3) is 7.11. The molecule has 0 aliphatic rings. The second-order valence-corrected chi connectivity index (χ2v) is 7.86. The van der Waals surface area contributed by atoms with Crippen molar-refractivity contribution < 1.29 is 0 Å². The Bertz CT molecular complexity index is 903. The maximum atomic E-state index is 4.70. The van der Waals surface area contributed by atoms with E-state index in [9.17, 15) is 0 Å². The molecule has 0 amide bonds. The zero-order valence-corrected chi connectivity index (χ0v) is 20.3. The van der Waals surface area contributed by atoms with Crippen LogP contribution in [0.4, 0.5) is 0 Å². The Morgan fingerprint density at radius 3 is 2.66 bits per heavy atom. The van der Waals surface area contributed by atoms with Crippen molar-refractivity contribution in [2.75, 3.05) is 13.1 Å². The highest BCUT2D eigenvalue weighted by molar-refractivity contribution is 14.0. The van der Waals surface area contributed by atoms with E-state index in [4.69, 9.17) is 4.99 Å². The Balaban J connectivity index is 0.00000300. The van der Waals surface area contributed by atoms with Crippen LogP contribution in [0.3, 0.4) is 0 Å². The molecule has 0 unspecified atom stereocenters. The van der Waals surface area contributed by atoms with Crippen LogP contribution >= 0.6 is 35.3 Å². The van der Waals surface area contributed by atoms with Gasteiger partial charge in [0.25, 0.3) is 0 Å². The van der Waals surface area contributed by atoms with Crippen LogP contribution in [-0.2, 0) is 19.5 Å². The summed E-state index contributed by atoms with van der Waals surface area (Å²) in [4.78, 5) is 14.9. The molecule has 0 saturated heterocycles. The maximum Gasteiger partial charge on any atom is 0.191 e. The van der Waals surface area contributed by atoms with Gasteiger partial charge in [0, 0.05) is 43.3 Å². The number of nitrogens with zero attached hydrogens (tertiary/aromatic N) is 4. The highest BCUT2D eigenvalue weighted by atomic mass is 127. The summed E-state index contributed by atoms with van der Waals surface area (Å²) >= 11 is 1.71. The second-order valence-electron chi connectivity index (χ2n) is 6.57. The van der Waals surface area contributed by atoms with Crippen molar-refractivity contribution >= 4 is 41.3 Å². The quantitative estimate of drug-likeness (QED) is 0.266. The lowest BCUT2D eigenvalue weighted by Gasteiger charge is -2.12. The van der Waals surface area contributed by atoms with E-state index in [2.05, 4.69) is 56.4 Å². The van der Waals surface area contributed by atoms with E-state index in [0.29, 0.717) is 6.54 Å². The SMILES string of the molecule is CCNC(=NCc1sc(C)nc1C)NCCc1nccn1Cc1ccccc1.I. The van der Waals surface area contributed by atoms with E-state index in [1.54, 1.807) is 11.3 Å². The third-order valence-electron chi connectivity index (χ3n) is 4.36. The molecule has 3 aromatic rings. The summed E-state index contributed by atoms with van der Waals surface area (Å²) in [5.41, 5.74) is 2.35. The summed E-state index contributed by atoms with van der Waals surface area (Å²) < 4.78 is 2.20. The van der Waals surface area contributed by atoms with Crippen LogP contribution in [0.2, 0.25) is 0 Å². The highest BCUT2D eigenvalue weighted by Gasteiger charge is 2.06. The highest BCUT2D eigenvalue weighted by Crippen LogP contribution is 2.17. The van der Waals surface area contributed by atoms with E-state index in [1.165, 1.54) is 10.4 Å². The van der Waals surface area contributed by atoms with E-state index < -0.39 is 0 Å². The van der Waals surface area contributed by atoms with Gasteiger partial charge in [-0.3, -0.25) is 0 Å². The van der Waals surface area contributed by atoms with Crippen LogP contribution in [0.1, 0.15) is 33.9 Å². The Morgan fingerprint density at radius 1 is 1.17 bits per heavy atom. The number of aromatic nitrogens is 3. The molecule has 0 spiro atoms. The van der Waals surface area contributed by atoms with Gasteiger partial charge in [0.15, 0.2) is 5.96 Å². The van der Waals surface area contributed by atoms with E-state index in [0.717, 1.165) is 48.5 Å². The Kier molecular flexibility index (Phi) is 9.59. The lowest BCUT2D eigenvalue weighted by Crippen LogP contribution is -2.38. The number of nitrogens with one attached hydrogen (secondary N) is 2. The number of aliphatic imine (C=N–C) groups is 1. The number of hydrogen-bond acceptors (Lipinski definition) is 4. The molecular formula is C21H29IN6S. The fourth-order valence-corrected chi connectivity index (χ4v) is 3.86. The van der Waals surface area contributed by atoms with Crippen LogP contribution in [0.15, 0.2) is 47.7 Å². The van der Waals surface area contributed by atoms with E-state index >= 15 is 0 Å². The predicted molar refractivity (Wildman–Crippen MR) is 131 cm³/mol. The minimum Gasteiger partial charge on any atom is -0.357 e. The van der Waals surface area contributed by atoms with Crippen molar-refractivity contribution in [1.29, 1.82) is 0 Å². The second kappa shape index (κ2) is 11.9. The summed E-state index contributed by atoms with van der Waals surface area (Å²) in [6.07, 6.45) is 4.74. The van der Waals surface area contributed by atoms with Gasteiger partial charge in [0.1, 0.15) is 5.82 Å². The van der Waals surface area contributed by atoms with Crippen molar-refractivity contribution in [1.82, 2.24) is 25.2 Å². The Labute approximate surface area is 193 Å². The van der Waals surface area contributed by atoms with Crippen LogP contribution < -0.4 is 10.6 Å². The first-order valence-electron chi connectivity index (χ1n) is 9.64. The fourth-order valence-electron chi connectivity index (χ4n) is 3.00.